The van der Waals surface area contributed by atoms with Crippen molar-refractivity contribution in [3.05, 3.63) is 29.6 Å². The van der Waals surface area contributed by atoms with Crippen LogP contribution in [0, 0.1) is 5.82 Å². The molecule has 1 aromatic carbocycles. The van der Waals surface area contributed by atoms with E-state index < -0.39 is 44.8 Å². The van der Waals surface area contributed by atoms with E-state index in [9.17, 15) is 30.8 Å². The summed E-state index contributed by atoms with van der Waals surface area (Å²) in [6.07, 6.45) is -5.80. The molecule has 118 valence electrons. The van der Waals surface area contributed by atoms with Crippen molar-refractivity contribution in [1.82, 2.24) is 5.32 Å². The Bertz CT molecular complexity index is 629. The quantitative estimate of drug-likeness (QED) is 0.635. The fourth-order valence-electron chi connectivity index (χ4n) is 1.44. The Morgan fingerprint density at radius 3 is 2.43 bits per heavy atom. The number of hydrogen-bond acceptors (Lipinski definition) is 3. The molecular formula is C11H12F4N2O3S. The van der Waals surface area contributed by atoms with Crippen molar-refractivity contribution in [2.45, 2.75) is 23.9 Å². The van der Waals surface area contributed by atoms with Crippen LogP contribution in [0.1, 0.15) is 23.2 Å². The maximum Gasteiger partial charge on any atom is 0.389 e. The summed E-state index contributed by atoms with van der Waals surface area (Å²) in [5.41, 5.74) is -0.603. The molecule has 1 rings (SSSR count). The second-order valence-electron chi connectivity index (χ2n) is 4.16. The zero-order valence-electron chi connectivity index (χ0n) is 10.6. The molecule has 0 saturated heterocycles. The summed E-state index contributed by atoms with van der Waals surface area (Å²) in [6, 6.07) is 2.35. The van der Waals surface area contributed by atoms with Crippen LogP contribution in [-0.4, -0.2) is 27.0 Å². The van der Waals surface area contributed by atoms with E-state index in [2.05, 4.69) is 5.32 Å². The molecule has 0 fully saturated rings. The molecule has 1 aromatic rings. The summed E-state index contributed by atoms with van der Waals surface area (Å²) in [5, 5.41) is 6.91. The highest BCUT2D eigenvalue weighted by Gasteiger charge is 2.26. The Hall–Kier alpha value is -1.68. The predicted molar refractivity (Wildman–Crippen MR) is 65.4 cm³/mol. The number of benzene rings is 1. The first-order chi connectivity index (χ1) is 9.50. The van der Waals surface area contributed by atoms with Crippen molar-refractivity contribution in [3.8, 4) is 0 Å². The summed E-state index contributed by atoms with van der Waals surface area (Å²) in [4.78, 5) is 11.1. The van der Waals surface area contributed by atoms with Crippen LogP contribution in [0.4, 0.5) is 17.6 Å². The number of carbonyl (C=O) groups is 1. The lowest BCUT2D eigenvalue weighted by Gasteiger charge is -2.09. The van der Waals surface area contributed by atoms with Gasteiger partial charge in [-0.2, -0.15) is 13.2 Å². The Morgan fingerprint density at radius 1 is 1.29 bits per heavy atom. The van der Waals surface area contributed by atoms with Gasteiger partial charge in [0.1, 0.15) is 5.82 Å². The molecule has 0 aromatic heterocycles. The second kappa shape index (κ2) is 6.39. The van der Waals surface area contributed by atoms with Gasteiger partial charge in [0.25, 0.3) is 5.91 Å². The first-order valence-electron chi connectivity index (χ1n) is 5.68. The summed E-state index contributed by atoms with van der Waals surface area (Å²) >= 11 is 0. The predicted octanol–water partition coefficient (Wildman–Crippen LogP) is 1.55. The number of halogens is 4. The molecule has 3 N–H and O–H groups in total. The summed E-state index contributed by atoms with van der Waals surface area (Å²) in [6.45, 7) is -0.322. The van der Waals surface area contributed by atoms with E-state index in [0.717, 1.165) is 18.2 Å². The number of nitrogens with one attached hydrogen (secondary N) is 1. The first-order valence-corrected chi connectivity index (χ1v) is 7.22. The van der Waals surface area contributed by atoms with Gasteiger partial charge in [0.2, 0.25) is 10.0 Å². The number of sulfonamides is 1. The Balaban J connectivity index is 2.74. The molecule has 21 heavy (non-hydrogen) atoms. The Morgan fingerprint density at radius 2 is 1.90 bits per heavy atom. The molecular weight excluding hydrogens is 316 g/mol. The molecule has 0 aliphatic heterocycles. The van der Waals surface area contributed by atoms with Crippen LogP contribution in [0.3, 0.4) is 0 Å². The third kappa shape index (κ3) is 5.68. The minimum absolute atomic E-state index is 0.322. The van der Waals surface area contributed by atoms with Gasteiger partial charge in [0.05, 0.1) is 10.5 Å². The van der Waals surface area contributed by atoms with Crippen LogP contribution < -0.4 is 10.5 Å². The molecule has 0 radical (unpaired) electrons. The van der Waals surface area contributed by atoms with Gasteiger partial charge in [-0.25, -0.2) is 17.9 Å². The summed E-state index contributed by atoms with van der Waals surface area (Å²) < 4.78 is 71.3. The van der Waals surface area contributed by atoms with Crippen LogP contribution in [0.15, 0.2) is 23.1 Å². The molecule has 0 bridgehead atoms. The van der Waals surface area contributed by atoms with Crippen molar-refractivity contribution < 1.29 is 30.8 Å². The molecule has 0 atom stereocenters. The fraction of sp³-hybridized carbons (Fsp3) is 0.364. The lowest BCUT2D eigenvalue weighted by molar-refractivity contribution is -0.135. The molecule has 5 nitrogen and oxygen atoms in total. The van der Waals surface area contributed by atoms with Gasteiger partial charge in [0.15, 0.2) is 0 Å². The third-order valence-corrected chi connectivity index (χ3v) is 3.34. The zero-order chi connectivity index (χ0) is 16.3. The molecule has 0 unspecified atom stereocenters. The SMILES string of the molecule is NS(=O)(=O)c1ccc(F)c(C(=O)NCCCC(F)(F)F)c1. The number of rotatable bonds is 5. The van der Waals surface area contributed by atoms with E-state index in [-0.39, 0.29) is 13.0 Å². The fourth-order valence-corrected chi connectivity index (χ4v) is 1.98. The number of hydrogen-bond donors (Lipinski definition) is 2. The second-order valence-corrected chi connectivity index (χ2v) is 5.72. The van der Waals surface area contributed by atoms with Gasteiger partial charge in [-0.05, 0) is 24.6 Å². The number of carbonyl (C=O) groups excluding carboxylic acids is 1. The first kappa shape index (κ1) is 17.4. The van der Waals surface area contributed by atoms with Gasteiger partial charge in [0, 0.05) is 13.0 Å². The van der Waals surface area contributed by atoms with Crippen molar-refractivity contribution in [2.75, 3.05) is 6.54 Å². The smallest absolute Gasteiger partial charge is 0.352 e. The van der Waals surface area contributed by atoms with E-state index in [1.54, 1.807) is 0 Å². The minimum atomic E-state index is -4.34. The Labute approximate surface area is 118 Å². The zero-order valence-corrected chi connectivity index (χ0v) is 11.4. The van der Waals surface area contributed by atoms with Crippen molar-refractivity contribution >= 4 is 15.9 Å². The van der Waals surface area contributed by atoms with Crippen LogP contribution in [-0.2, 0) is 10.0 Å². The maximum absolute atomic E-state index is 13.4. The third-order valence-electron chi connectivity index (χ3n) is 2.43. The molecule has 0 aliphatic carbocycles. The lowest BCUT2D eigenvalue weighted by atomic mass is 10.2. The normalized spacial score (nSPS) is 12.2. The van der Waals surface area contributed by atoms with Crippen molar-refractivity contribution in [2.24, 2.45) is 5.14 Å². The molecule has 0 aliphatic rings. The average molecular weight is 328 g/mol. The lowest BCUT2D eigenvalue weighted by Crippen LogP contribution is -2.27. The van der Waals surface area contributed by atoms with Crippen molar-refractivity contribution in [1.29, 1.82) is 0 Å². The number of alkyl halides is 3. The highest BCUT2D eigenvalue weighted by Crippen LogP contribution is 2.20. The van der Waals surface area contributed by atoms with E-state index in [1.807, 2.05) is 0 Å². The number of primary sulfonamides is 1. The van der Waals surface area contributed by atoms with Crippen molar-refractivity contribution in [3.63, 3.8) is 0 Å². The van der Waals surface area contributed by atoms with E-state index in [1.165, 1.54) is 0 Å². The number of nitrogens with two attached hydrogens (primary N) is 1. The highest BCUT2D eigenvalue weighted by atomic mass is 32.2. The molecule has 1 amide bonds. The van der Waals surface area contributed by atoms with Crippen LogP contribution >= 0.6 is 0 Å². The molecule has 0 spiro atoms. The van der Waals surface area contributed by atoms with E-state index in [4.69, 9.17) is 5.14 Å². The molecule has 0 saturated carbocycles. The van der Waals surface area contributed by atoms with E-state index >= 15 is 0 Å². The van der Waals surface area contributed by atoms with Gasteiger partial charge < -0.3 is 5.32 Å². The number of amides is 1. The van der Waals surface area contributed by atoms with Crippen LogP contribution in [0.25, 0.3) is 0 Å². The molecule has 10 heteroatoms. The van der Waals surface area contributed by atoms with Crippen LogP contribution in [0.5, 0.6) is 0 Å². The average Bonchev–Trinajstić information content (AvgIpc) is 2.32. The summed E-state index contributed by atoms with van der Waals surface area (Å²) in [5.74, 6) is -2.02. The topological polar surface area (TPSA) is 89.3 Å². The largest absolute Gasteiger partial charge is 0.389 e. The van der Waals surface area contributed by atoms with Gasteiger partial charge >= 0.3 is 6.18 Å². The maximum atomic E-state index is 13.4. The van der Waals surface area contributed by atoms with Gasteiger partial charge in [-0.3, -0.25) is 4.79 Å². The summed E-state index contributed by atoms with van der Waals surface area (Å²) in [7, 11) is -4.12. The standard InChI is InChI=1S/C11H12F4N2O3S/c12-9-3-2-7(21(16,19)20)6-8(9)10(18)17-5-1-4-11(13,14)15/h2-3,6H,1,4-5H2,(H,17,18)(H2,16,19,20). The van der Waals surface area contributed by atoms with Gasteiger partial charge in [-0.15, -0.1) is 0 Å². The highest BCUT2D eigenvalue weighted by molar-refractivity contribution is 7.89. The van der Waals surface area contributed by atoms with Gasteiger partial charge in [-0.1, -0.05) is 0 Å². The van der Waals surface area contributed by atoms with Crippen LogP contribution in [0.2, 0.25) is 0 Å². The molecule has 0 heterocycles. The minimum Gasteiger partial charge on any atom is -0.352 e. The monoisotopic (exact) mass is 328 g/mol. The Kier molecular flexibility index (Phi) is 5.29. The van der Waals surface area contributed by atoms with E-state index in [0.29, 0.717) is 0 Å².